The highest BCUT2D eigenvalue weighted by atomic mass is 35.5. The van der Waals surface area contributed by atoms with Crippen molar-refractivity contribution in [1.29, 1.82) is 0 Å². The Hall–Kier alpha value is -4.03. The van der Waals surface area contributed by atoms with E-state index in [0.717, 1.165) is 65.6 Å². The van der Waals surface area contributed by atoms with Crippen molar-refractivity contribution >= 4 is 34.1 Å². The summed E-state index contributed by atoms with van der Waals surface area (Å²) in [6.45, 7) is 3.53. The number of benzene rings is 3. The molecule has 1 aliphatic heterocycles. The minimum absolute atomic E-state index is 0.711. The van der Waals surface area contributed by atoms with Crippen LogP contribution in [0.25, 0.3) is 27.8 Å². The number of hydrogen-bond acceptors (Lipinski definition) is 5. The zero-order valence-electron chi connectivity index (χ0n) is 20.0. The number of fused-ring (bicyclic) bond motifs is 1. The van der Waals surface area contributed by atoms with Crippen LogP contribution in [0.3, 0.4) is 0 Å². The van der Waals surface area contributed by atoms with Gasteiger partial charge in [0.05, 0.1) is 12.5 Å². The third kappa shape index (κ3) is 4.14. The number of hydrogen-bond donors (Lipinski definition) is 0. The molecule has 1 fully saturated rings. The number of aromatic nitrogens is 3. The van der Waals surface area contributed by atoms with Crippen molar-refractivity contribution in [3.8, 4) is 22.6 Å². The van der Waals surface area contributed by atoms with Crippen molar-refractivity contribution in [2.75, 3.05) is 43.1 Å². The molecule has 0 N–H and O–H groups in total. The van der Waals surface area contributed by atoms with Gasteiger partial charge in [-0.05, 0) is 42.0 Å². The van der Waals surface area contributed by atoms with E-state index < -0.39 is 0 Å². The Morgan fingerprint density at radius 3 is 2.28 bits per heavy atom. The minimum atomic E-state index is 0.711. The van der Waals surface area contributed by atoms with Gasteiger partial charge >= 0.3 is 0 Å². The van der Waals surface area contributed by atoms with Gasteiger partial charge in [-0.2, -0.15) is 0 Å². The van der Waals surface area contributed by atoms with Gasteiger partial charge in [-0.15, -0.1) is 0 Å². The number of piperazine rings is 1. The molecule has 180 valence electrons. The predicted molar refractivity (Wildman–Crippen MR) is 147 cm³/mol. The summed E-state index contributed by atoms with van der Waals surface area (Å²) >= 11 is 6.17. The summed E-state index contributed by atoms with van der Waals surface area (Å²) in [6.07, 6.45) is 3.83. The summed E-state index contributed by atoms with van der Waals surface area (Å²) in [5.74, 6) is 1.85. The van der Waals surface area contributed by atoms with Gasteiger partial charge in [0.15, 0.2) is 5.65 Å². The van der Waals surface area contributed by atoms with E-state index >= 15 is 0 Å². The quantitative estimate of drug-likeness (QED) is 0.296. The number of anilines is 2. The first kappa shape index (κ1) is 22.4. The molecule has 0 amide bonds. The van der Waals surface area contributed by atoms with E-state index in [0.29, 0.717) is 5.02 Å². The van der Waals surface area contributed by atoms with Crippen LogP contribution < -0.4 is 14.5 Å². The molecule has 2 aromatic heterocycles. The highest BCUT2D eigenvalue weighted by molar-refractivity contribution is 6.30. The number of halogens is 1. The second kappa shape index (κ2) is 9.55. The Kier molecular flexibility index (Phi) is 5.95. The van der Waals surface area contributed by atoms with Gasteiger partial charge in [0.2, 0.25) is 0 Å². The first-order valence-electron chi connectivity index (χ1n) is 12.0. The molecule has 36 heavy (non-hydrogen) atoms. The highest BCUT2D eigenvalue weighted by Crippen LogP contribution is 2.37. The molecule has 0 saturated carbocycles. The topological polar surface area (TPSA) is 46.4 Å². The smallest absolute Gasteiger partial charge is 0.150 e. The third-order valence-corrected chi connectivity index (χ3v) is 7.00. The molecule has 3 aromatic carbocycles. The Labute approximate surface area is 215 Å². The molecular formula is C29H26ClN5O. The lowest BCUT2D eigenvalue weighted by atomic mass is 10.1. The van der Waals surface area contributed by atoms with Crippen LogP contribution in [0.2, 0.25) is 5.02 Å². The van der Waals surface area contributed by atoms with Gasteiger partial charge in [-0.25, -0.2) is 9.97 Å². The zero-order valence-corrected chi connectivity index (χ0v) is 20.8. The summed E-state index contributed by atoms with van der Waals surface area (Å²) in [5.41, 5.74) is 5.34. The van der Waals surface area contributed by atoms with E-state index in [1.165, 1.54) is 5.69 Å². The van der Waals surface area contributed by atoms with Crippen LogP contribution in [0, 0.1) is 0 Å². The molecule has 0 spiro atoms. The Morgan fingerprint density at radius 2 is 1.53 bits per heavy atom. The largest absolute Gasteiger partial charge is 0.497 e. The standard InChI is InChI=1S/C29H26ClN5O/c1-36-25-9-5-8-24(18-25)33-14-16-34(17-15-33)28-27-26(21-6-3-2-4-7-21)19-35(29(27)32-20-31-28)23-12-10-22(30)11-13-23/h2-13,18-20H,14-17H2,1H3. The molecule has 0 unspecified atom stereocenters. The fourth-order valence-electron chi connectivity index (χ4n) is 4.90. The van der Waals surface area contributed by atoms with Crippen LogP contribution in [0.4, 0.5) is 11.5 Å². The lowest BCUT2D eigenvalue weighted by molar-refractivity contribution is 0.414. The van der Waals surface area contributed by atoms with Gasteiger partial charge in [0.25, 0.3) is 0 Å². The molecule has 5 aromatic rings. The van der Waals surface area contributed by atoms with Crippen molar-refractivity contribution < 1.29 is 4.74 Å². The van der Waals surface area contributed by atoms with Crippen LogP contribution in [0.15, 0.2) is 91.4 Å². The number of ether oxygens (including phenoxy) is 1. The van der Waals surface area contributed by atoms with Crippen LogP contribution in [0.1, 0.15) is 0 Å². The molecule has 6 rings (SSSR count). The fraction of sp³-hybridized carbons (Fsp3) is 0.172. The lowest BCUT2D eigenvalue weighted by Crippen LogP contribution is -2.46. The van der Waals surface area contributed by atoms with Crippen LogP contribution in [0.5, 0.6) is 5.75 Å². The minimum Gasteiger partial charge on any atom is -0.497 e. The van der Waals surface area contributed by atoms with Crippen LogP contribution >= 0.6 is 11.6 Å². The average Bonchev–Trinajstić information content (AvgIpc) is 3.34. The van der Waals surface area contributed by atoms with Crippen molar-refractivity contribution in [2.45, 2.75) is 0 Å². The second-order valence-corrected chi connectivity index (χ2v) is 9.26. The maximum absolute atomic E-state index is 6.17. The van der Waals surface area contributed by atoms with Crippen LogP contribution in [-0.2, 0) is 0 Å². The molecule has 0 aliphatic carbocycles. The van der Waals surface area contributed by atoms with Gasteiger partial charge in [0, 0.05) is 60.4 Å². The fourth-order valence-corrected chi connectivity index (χ4v) is 5.03. The monoisotopic (exact) mass is 495 g/mol. The Bertz CT molecular complexity index is 1490. The molecule has 6 nitrogen and oxygen atoms in total. The normalized spacial score (nSPS) is 13.8. The molecule has 0 atom stereocenters. The first-order chi connectivity index (χ1) is 17.7. The highest BCUT2D eigenvalue weighted by Gasteiger charge is 2.24. The molecule has 3 heterocycles. The molecule has 0 radical (unpaired) electrons. The van der Waals surface area contributed by atoms with E-state index in [4.69, 9.17) is 26.3 Å². The Balaban J connectivity index is 1.40. The van der Waals surface area contributed by atoms with Crippen LogP contribution in [-0.4, -0.2) is 47.8 Å². The number of nitrogens with zero attached hydrogens (tertiary/aromatic N) is 5. The SMILES string of the molecule is COc1cccc(N2CCN(c3ncnc4c3c(-c3ccccc3)cn4-c3ccc(Cl)cc3)CC2)c1. The van der Waals surface area contributed by atoms with Crippen molar-refractivity contribution in [2.24, 2.45) is 0 Å². The molecule has 0 bridgehead atoms. The van der Waals surface area contributed by atoms with E-state index in [2.05, 4.69) is 57.0 Å². The predicted octanol–water partition coefficient (Wildman–Crippen LogP) is 6.08. The van der Waals surface area contributed by atoms with E-state index in [1.54, 1.807) is 13.4 Å². The molecule has 1 aliphatic rings. The Morgan fingerprint density at radius 1 is 0.778 bits per heavy atom. The molecule has 1 saturated heterocycles. The zero-order chi connectivity index (χ0) is 24.5. The van der Waals surface area contributed by atoms with Crippen molar-refractivity contribution in [3.05, 3.63) is 96.4 Å². The van der Waals surface area contributed by atoms with Gasteiger partial charge in [-0.1, -0.05) is 48.0 Å². The third-order valence-electron chi connectivity index (χ3n) is 6.75. The summed E-state index contributed by atoms with van der Waals surface area (Å²) in [4.78, 5) is 14.3. The van der Waals surface area contributed by atoms with E-state index in [1.807, 2.05) is 42.5 Å². The summed E-state index contributed by atoms with van der Waals surface area (Å²) in [7, 11) is 1.71. The molecule has 7 heteroatoms. The lowest BCUT2D eigenvalue weighted by Gasteiger charge is -2.37. The van der Waals surface area contributed by atoms with Crippen molar-refractivity contribution in [3.63, 3.8) is 0 Å². The maximum atomic E-state index is 6.17. The van der Waals surface area contributed by atoms with Crippen molar-refractivity contribution in [1.82, 2.24) is 14.5 Å². The summed E-state index contributed by atoms with van der Waals surface area (Å²) < 4.78 is 7.55. The van der Waals surface area contributed by atoms with Gasteiger partial charge in [0.1, 0.15) is 17.9 Å². The van der Waals surface area contributed by atoms with Gasteiger partial charge in [-0.3, -0.25) is 0 Å². The first-order valence-corrected chi connectivity index (χ1v) is 12.4. The maximum Gasteiger partial charge on any atom is 0.150 e. The summed E-state index contributed by atoms with van der Waals surface area (Å²) in [6, 6.07) is 26.6. The van der Waals surface area contributed by atoms with E-state index in [-0.39, 0.29) is 0 Å². The molecular weight excluding hydrogens is 470 g/mol. The number of rotatable bonds is 5. The number of methoxy groups -OCH3 is 1. The average molecular weight is 496 g/mol. The second-order valence-electron chi connectivity index (χ2n) is 8.83. The van der Waals surface area contributed by atoms with Gasteiger partial charge < -0.3 is 19.1 Å². The van der Waals surface area contributed by atoms with E-state index in [9.17, 15) is 0 Å². The summed E-state index contributed by atoms with van der Waals surface area (Å²) in [5, 5.41) is 1.77.